The van der Waals surface area contributed by atoms with Gasteiger partial charge in [-0.25, -0.2) is 0 Å². The normalized spacial score (nSPS) is 11.1. The molecule has 0 unspecified atom stereocenters. The van der Waals surface area contributed by atoms with Crippen molar-refractivity contribution in [1.82, 2.24) is 0 Å². The molecule has 0 aromatic heterocycles. The number of rotatable bonds is 1. The van der Waals surface area contributed by atoms with Crippen LogP contribution in [0.1, 0.15) is 25.0 Å². The molecule has 1 aromatic rings. The number of imide groups is 1. The molecule has 0 atom stereocenters. The summed E-state index contributed by atoms with van der Waals surface area (Å²) in [5.74, 6) is -0.457. The van der Waals surface area contributed by atoms with E-state index in [-0.39, 0.29) is 24.2 Å². The number of carbonyl (C=O) groups is 2. The molecule has 3 rings (SSSR count). The molecule has 0 heterocycles. The van der Waals surface area contributed by atoms with Gasteiger partial charge in [0.1, 0.15) is 0 Å². The van der Waals surface area contributed by atoms with Crippen LogP contribution in [0.25, 0.3) is 0 Å². The SMILES string of the molecule is CC(=O)N(C(C)=O)c1ccc2cc1C2.Cl. The minimum Gasteiger partial charge on any atom is -0.274 e. The Morgan fingerprint density at radius 2 is 1.73 bits per heavy atom. The summed E-state index contributed by atoms with van der Waals surface area (Å²) in [6.45, 7) is 2.81. The minimum absolute atomic E-state index is 0. The van der Waals surface area contributed by atoms with Crippen LogP contribution in [0.5, 0.6) is 0 Å². The van der Waals surface area contributed by atoms with Crippen LogP contribution in [-0.4, -0.2) is 11.8 Å². The van der Waals surface area contributed by atoms with Crippen LogP contribution >= 0.6 is 12.4 Å². The molecule has 2 bridgehead atoms. The summed E-state index contributed by atoms with van der Waals surface area (Å²) >= 11 is 0. The molecular formula is C11H12ClNO2. The van der Waals surface area contributed by atoms with Gasteiger partial charge in [-0.15, -0.1) is 12.4 Å². The van der Waals surface area contributed by atoms with Gasteiger partial charge in [0.25, 0.3) is 0 Å². The van der Waals surface area contributed by atoms with Gasteiger partial charge in [0.05, 0.1) is 5.69 Å². The predicted octanol–water partition coefficient (Wildman–Crippen LogP) is 1.91. The number of amides is 2. The Morgan fingerprint density at radius 3 is 2.07 bits per heavy atom. The van der Waals surface area contributed by atoms with Crippen molar-refractivity contribution in [3.8, 4) is 0 Å². The molecule has 0 spiro atoms. The third kappa shape index (κ3) is 1.88. The zero-order chi connectivity index (χ0) is 10.3. The molecule has 80 valence electrons. The average molecular weight is 226 g/mol. The number of fused-ring (bicyclic) bond motifs is 2. The van der Waals surface area contributed by atoms with E-state index in [0.29, 0.717) is 0 Å². The fourth-order valence-electron chi connectivity index (χ4n) is 1.76. The van der Waals surface area contributed by atoms with E-state index in [1.54, 1.807) is 0 Å². The van der Waals surface area contributed by atoms with Crippen molar-refractivity contribution in [2.75, 3.05) is 4.90 Å². The topological polar surface area (TPSA) is 37.4 Å². The fraction of sp³-hybridized carbons (Fsp3) is 0.273. The molecule has 2 aliphatic carbocycles. The first kappa shape index (κ1) is 11.7. The van der Waals surface area contributed by atoms with Crippen LogP contribution in [0, 0.1) is 0 Å². The van der Waals surface area contributed by atoms with Crippen molar-refractivity contribution < 1.29 is 9.59 Å². The highest BCUT2D eigenvalue weighted by molar-refractivity contribution is 6.13. The number of nitrogens with zero attached hydrogens (tertiary/aromatic N) is 1. The summed E-state index contributed by atoms with van der Waals surface area (Å²) in [5.41, 5.74) is 3.07. The van der Waals surface area contributed by atoms with Crippen molar-refractivity contribution in [3.05, 3.63) is 29.3 Å². The maximum absolute atomic E-state index is 11.3. The molecule has 0 saturated heterocycles. The van der Waals surface area contributed by atoms with E-state index in [2.05, 4.69) is 0 Å². The second-order valence-corrected chi connectivity index (χ2v) is 3.51. The van der Waals surface area contributed by atoms with Crippen LogP contribution in [0.15, 0.2) is 18.2 Å². The lowest BCUT2D eigenvalue weighted by molar-refractivity contribution is -0.124. The highest BCUT2D eigenvalue weighted by Crippen LogP contribution is 2.32. The van der Waals surface area contributed by atoms with E-state index in [1.165, 1.54) is 24.3 Å². The number of hydrogen-bond acceptors (Lipinski definition) is 2. The maximum atomic E-state index is 11.3. The molecular weight excluding hydrogens is 214 g/mol. The lowest BCUT2D eigenvalue weighted by Gasteiger charge is -2.25. The molecule has 15 heavy (non-hydrogen) atoms. The van der Waals surface area contributed by atoms with Crippen molar-refractivity contribution in [3.63, 3.8) is 0 Å². The van der Waals surface area contributed by atoms with E-state index in [9.17, 15) is 9.59 Å². The summed E-state index contributed by atoms with van der Waals surface area (Å²) < 4.78 is 0. The Morgan fingerprint density at radius 1 is 1.20 bits per heavy atom. The maximum Gasteiger partial charge on any atom is 0.230 e. The lowest BCUT2D eigenvalue weighted by Crippen LogP contribution is -2.34. The molecule has 0 saturated carbocycles. The van der Waals surface area contributed by atoms with Gasteiger partial charge in [0, 0.05) is 13.8 Å². The van der Waals surface area contributed by atoms with Gasteiger partial charge in [-0.3, -0.25) is 14.5 Å². The Bertz CT molecular complexity index is 411. The Kier molecular flexibility index (Phi) is 3.15. The van der Waals surface area contributed by atoms with Gasteiger partial charge in [-0.1, -0.05) is 12.1 Å². The quantitative estimate of drug-likeness (QED) is 0.744. The third-order valence-electron chi connectivity index (χ3n) is 2.41. The molecule has 0 fully saturated rings. The summed E-state index contributed by atoms with van der Waals surface area (Å²) in [6.07, 6.45) is 0.878. The molecule has 1 aromatic carbocycles. The van der Waals surface area contributed by atoms with Crippen LogP contribution < -0.4 is 4.90 Å². The fourth-order valence-corrected chi connectivity index (χ4v) is 1.76. The van der Waals surface area contributed by atoms with Gasteiger partial charge < -0.3 is 0 Å². The van der Waals surface area contributed by atoms with Gasteiger partial charge in [-0.05, 0) is 23.6 Å². The second-order valence-electron chi connectivity index (χ2n) is 3.51. The number of hydrogen-bond donors (Lipinski definition) is 0. The Labute approximate surface area is 94.5 Å². The number of benzene rings is 1. The van der Waals surface area contributed by atoms with Crippen LogP contribution in [-0.2, 0) is 16.0 Å². The zero-order valence-electron chi connectivity index (χ0n) is 8.61. The van der Waals surface area contributed by atoms with E-state index >= 15 is 0 Å². The molecule has 2 amide bonds. The second kappa shape index (κ2) is 4.03. The number of halogens is 1. The van der Waals surface area contributed by atoms with Crippen LogP contribution in [0.3, 0.4) is 0 Å². The number of anilines is 1. The third-order valence-corrected chi connectivity index (χ3v) is 2.41. The smallest absolute Gasteiger partial charge is 0.230 e. The van der Waals surface area contributed by atoms with E-state index in [0.717, 1.165) is 17.7 Å². The molecule has 4 heteroatoms. The first-order valence-electron chi connectivity index (χ1n) is 4.52. The molecule has 0 radical (unpaired) electrons. The van der Waals surface area contributed by atoms with Gasteiger partial charge in [0.15, 0.2) is 0 Å². The highest BCUT2D eigenvalue weighted by Gasteiger charge is 2.23. The zero-order valence-corrected chi connectivity index (χ0v) is 9.43. The van der Waals surface area contributed by atoms with Crippen molar-refractivity contribution in [1.29, 1.82) is 0 Å². The average Bonchev–Trinajstić information content (AvgIpc) is 2.01. The van der Waals surface area contributed by atoms with E-state index in [4.69, 9.17) is 0 Å². The number of carbonyl (C=O) groups excluding carboxylic acids is 2. The summed E-state index contributed by atoms with van der Waals surface area (Å²) in [7, 11) is 0. The molecule has 0 aliphatic heterocycles. The van der Waals surface area contributed by atoms with Crippen LogP contribution in [0.2, 0.25) is 0 Å². The minimum atomic E-state index is -0.228. The first-order chi connectivity index (χ1) is 6.59. The summed E-state index contributed by atoms with van der Waals surface area (Å²) in [5, 5.41) is 0. The van der Waals surface area contributed by atoms with E-state index in [1.807, 2.05) is 18.2 Å². The van der Waals surface area contributed by atoms with Crippen molar-refractivity contribution >= 4 is 29.9 Å². The molecule has 2 aliphatic rings. The highest BCUT2D eigenvalue weighted by atomic mass is 35.5. The van der Waals surface area contributed by atoms with Crippen molar-refractivity contribution in [2.45, 2.75) is 20.3 Å². The molecule has 3 nitrogen and oxygen atoms in total. The summed E-state index contributed by atoms with van der Waals surface area (Å²) in [6, 6.07) is 5.78. The standard InChI is InChI=1S/C11H11NO2.ClH/c1-7(13)12(8(2)14)11-4-3-9-5-10(11)6-9;/h3-5H,6H2,1-2H3;1H. The molecule has 0 N–H and O–H groups in total. The van der Waals surface area contributed by atoms with Gasteiger partial charge >= 0.3 is 0 Å². The Balaban J connectivity index is 0.00000112. The van der Waals surface area contributed by atoms with Gasteiger partial charge in [0.2, 0.25) is 11.8 Å². The van der Waals surface area contributed by atoms with E-state index < -0.39 is 0 Å². The lowest BCUT2D eigenvalue weighted by atomic mass is 9.91. The first-order valence-corrected chi connectivity index (χ1v) is 4.52. The summed E-state index contributed by atoms with van der Waals surface area (Å²) in [4.78, 5) is 23.7. The predicted molar refractivity (Wildman–Crippen MR) is 60.3 cm³/mol. The monoisotopic (exact) mass is 225 g/mol. The Hall–Kier alpha value is -1.35. The largest absolute Gasteiger partial charge is 0.274 e. The van der Waals surface area contributed by atoms with Crippen molar-refractivity contribution in [2.24, 2.45) is 0 Å². The van der Waals surface area contributed by atoms with Gasteiger partial charge in [-0.2, -0.15) is 0 Å². The van der Waals surface area contributed by atoms with Crippen LogP contribution in [0.4, 0.5) is 5.69 Å².